The summed E-state index contributed by atoms with van der Waals surface area (Å²) >= 11 is 0. The van der Waals surface area contributed by atoms with Gasteiger partial charge in [0.2, 0.25) is 0 Å². The molecule has 0 bridgehead atoms. The molecular formula is C21H29N3O4S. The molecule has 1 aromatic heterocycles. The molecule has 0 saturated heterocycles. The van der Waals surface area contributed by atoms with Crippen LogP contribution in [0.1, 0.15) is 63.3 Å². The number of ether oxygens (including phenoxy) is 1. The first-order chi connectivity index (χ1) is 13.6. The van der Waals surface area contributed by atoms with Gasteiger partial charge >= 0.3 is 0 Å². The summed E-state index contributed by atoms with van der Waals surface area (Å²) in [5.41, 5.74) is 2.25. The normalized spacial score (nSPS) is 25.9. The summed E-state index contributed by atoms with van der Waals surface area (Å²) in [5.74, 6) is 1.09. The number of hydrogen-bond donors (Lipinski definition) is 2. The van der Waals surface area contributed by atoms with Crippen molar-refractivity contribution >= 4 is 21.3 Å². The topological polar surface area (TPSA) is 93.5 Å². The summed E-state index contributed by atoms with van der Waals surface area (Å²) in [4.78, 5) is 0.347. The Morgan fingerprint density at radius 2 is 2.00 bits per heavy atom. The Balaban J connectivity index is 1.68. The van der Waals surface area contributed by atoms with Gasteiger partial charge in [-0.25, -0.2) is 13.1 Å². The maximum Gasteiger partial charge on any atom is 0.181 e. The van der Waals surface area contributed by atoms with E-state index in [1.54, 1.807) is 12.1 Å². The molecule has 0 radical (unpaired) electrons. The largest absolute Gasteiger partial charge is 0.393 e. The van der Waals surface area contributed by atoms with Crippen LogP contribution in [0.5, 0.6) is 0 Å². The van der Waals surface area contributed by atoms with Crippen LogP contribution in [-0.4, -0.2) is 42.3 Å². The SMILES string of the molecule is COC1CS(=O)(=O)c2ccc(Nc3cc([C@H]4CC[C@@H](O)C4)nn3C(C)(C)C)cc21. The number of aliphatic hydroxyl groups excluding tert-OH is 1. The Bertz CT molecular complexity index is 1020. The zero-order valence-corrected chi connectivity index (χ0v) is 18.2. The van der Waals surface area contributed by atoms with E-state index in [1.165, 1.54) is 7.11 Å². The zero-order valence-electron chi connectivity index (χ0n) is 17.3. The quantitative estimate of drug-likeness (QED) is 0.788. The first-order valence-electron chi connectivity index (χ1n) is 10.0. The van der Waals surface area contributed by atoms with Crippen LogP contribution in [0, 0.1) is 0 Å². The second-order valence-electron chi connectivity index (χ2n) is 9.08. The summed E-state index contributed by atoms with van der Waals surface area (Å²) in [7, 11) is -1.76. The highest BCUT2D eigenvalue weighted by Crippen LogP contribution is 2.39. The highest BCUT2D eigenvalue weighted by atomic mass is 32.2. The molecule has 1 saturated carbocycles. The highest BCUT2D eigenvalue weighted by molar-refractivity contribution is 7.91. The average molecular weight is 420 g/mol. The molecule has 0 amide bonds. The third-order valence-corrected chi connectivity index (χ3v) is 7.59. The van der Waals surface area contributed by atoms with E-state index in [9.17, 15) is 13.5 Å². The van der Waals surface area contributed by atoms with Crippen LogP contribution >= 0.6 is 0 Å². The molecule has 2 aromatic rings. The van der Waals surface area contributed by atoms with Crippen molar-refractivity contribution in [3.8, 4) is 0 Å². The minimum Gasteiger partial charge on any atom is -0.393 e. The number of aliphatic hydroxyl groups is 1. The number of methoxy groups -OCH3 is 1. The second kappa shape index (κ2) is 7.11. The minimum absolute atomic E-state index is 0.0175. The van der Waals surface area contributed by atoms with Gasteiger partial charge in [0.15, 0.2) is 9.84 Å². The third-order valence-electron chi connectivity index (χ3n) is 5.81. The lowest BCUT2D eigenvalue weighted by molar-refractivity contribution is 0.123. The van der Waals surface area contributed by atoms with Crippen molar-refractivity contribution in [2.45, 2.75) is 68.6 Å². The number of nitrogens with zero attached hydrogens (tertiary/aromatic N) is 2. The molecule has 29 heavy (non-hydrogen) atoms. The van der Waals surface area contributed by atoms with Crippen molar-refractivity contribution in [3.05, 3.63) is 35.5 Å². The summed E-state index contributed by atoms with van der Waals surface area (Å²) < 4.78 is 32.0. The van der Waals surface area contributed by atoms with Gasteiger partial charge in [0.1, 0.15) is 5.82 Å². The lowest BCUT2D eigenvalue weighted by Gasteiger charge is -2.23. The summed E-state index contributed by atoms with van der Waals surface area (Å²) in [5, 5.41) is 18.2. The Morgan fingerprint density at radius 1 is 1.24 bits per heavy atom. The Kier molecular flexibility index (Phi) is 4.99. The predicted octanol–water partition coefficient (Wildman–Crippen LogP) is 3.48. The van der Waals surface area contributed by atoms with Gasteiger partial charge in [0.25, 0.3) is 0 Å². The number of fused-ring (bicyclic) bond motifs is 1. The van der Waals surface area contributed by atoms with Crippen molar-refractivity contribution in [1.82, 2.24) is 9.78 Å². The van der Waals surface area contributed by atoms with Crippen molar-refractivity contribution in [3.63, 3.8) is 0 Å². The van der Waals surface area contributed by atoms with Crippen molar-refractivity contribution in [2.75, 3.05) is 18.2 Å². The first kappa shape index (κ1) is 20.4. The van der Waals surface area contributed by atoms with E-state index >= 15 is 0 Å². The number of rotatable bonds is 4. The highest BCUT2D eigenvalue weighted by Gasteiger charge is 2.35. The molecule has 4 rings (SSSR count). The molecule has 158 valence electrons. The van der Waals surface area contributed by atoms with E-state index < -0.39 is 15.9 Å². The Labute approximate surface area is 172 Å². The molecule has 0 spiro atoms. The van der Waals surface area contributed by atoms with Crippen LogP contribution in [0.25, 0.3) is 0 Å². The fourth-order valence-corrected chi connectivity index (χ4v) is 6.03. The molecule has 2 aliphatic rings. The Hall–Kier alpha value is -1.90. The summed E-state index contributed by atoms with van der Waals surface area (Å²) in [6.07, 6.45) is 1.80. The fraction of sp³-hybridized carbons (Fsp3) is 0.571. The van der Waals surface area contributed by atoms with E-state index in [1.807, 2.05) is 16.8 Å². The van der Waals surface area contributed by atoms with Gasteiger partial charge in [-0.1, -0.05) is 0 Å². The number of anilines is 2. The molecule has 2 N–H and O–H groups in total. The summed E-state index contributed by atoms with van der Waals surface area (Å²) in [6.45, 7) is 6.28. The molecule has 1 fully saturated rings. The van der Waals surface area contributed by atoms with Crippen LogP contribution in [0.15, 0.2) is 29.2 Å². The lowest BCUT2D eigenvalue weighted by atomic mass is 10.0. The molecule has 7 nitrogen and oxygen atoms in total. The maximum atomic E-state index is 12.3. The van der Waals surface area contributed by atoms with E-state index in [2.05, 4.69) is 26.1 Å². The van der Waals surface area contributed by atoms with Gasteiger partial charge in [-0.05, 0) is 58.2 Å². The van der Waals surface area contributed by atoms with Crippen molar-refractivity contribution in [1.29, 1.82) is 0 Å². The number of nitrogens with one attached hydrogen (secondary N) is 1. The van der Waals surface area contributed by atoms with Crippen LogP contribution < -0.4 is 5.32 Å². The fourth-order valence-electron chi connectivity index (χ4n) is 4.31. The molecule has 3 atom stereocenters. The molecular weight excluding hydrogens is 390 g/mol. The van der Waals surface area contributed by atoms with Crippen LogP contribution in [0.2, 0.25) is 0 Å². The van der Waals surface area contributed by atoms with Gasteiger partial charge in [0, 0.05) is 30.3 Å². The molecule has 1 unspecified atom stereocenters. The van der Waals surface area contributed by atoms with Crippen LogP contribution in [0.4, 0.5) is 11.5 Å². The lowest BCUT2D eigenvalue weighted by Crippen LogP contribution is -2.24. The molecule has 1 aliphatic carbocycles. The predicted molar refractivity (Wildman–Crippen MR) is 111 cm³/mol. The number of sulfone groups is 1. The molecule has 8 heteroatoms. The Morgan fingerprint density at radius 3 is 2.62 bits per heavy atom. The van der Waals surface area contributed by atoms with Gasteiger partial charge in [0.05, 0.1) is 34.1 Å². The number of hydrogen-bond acceptors (Lipinski definition) is 6. The van der Waals surface area contributed by atoms with Gasteiger partial charge < -0.3 is 15.2 Å². The smallest absolute Gasteiger partial charge is 0.181 e. The van der Waals surface area contributed by atoms with Gasteiger partial charge in [-0.2, -0.15) is 5.10 Å². The van der Waals surface area contributed by atoms with E-state index in [-0.39, 0.29) is 23.3 Å². The van der Waals surface area contributed by atoms with Gasteiger partial charge in [-0.15, -0.1) is 0 Å². The van der Waals surface area contributed by atoms with E-state index in [0.29, 0.717) is 10.5 Å². The van der Waals surface area contributed by atoms with Crippen molar-refractivity contribution in [2.24, 2.45) is 0 Å². The number of aromatic nitrogens is 2. The van der Waals surface area contributed by atoms with Crippen LogP contribution in [0.3, 0.4) is 0 Å². The molecule has 1 aromatic carbocycles. The third kappa shape index (κ3) is 3.81. The zero-order chi connectivity index (χ0) is 21.0. The standard InChI is InChI=1S/C21H29N3O4S/c1-21(2,3)24-20(11-17(23-24)13-5-7-15(25)9-13)22-14-6-8-19-16(10-14)18(28-4)12-29(19,26)27/h6,8,10-11,13,15,18,22,25H,5,7,9,12H2,1-4H3/t13-,15+,18?/m0/s1. The van der Waals surface area contributed by atoms with Crippen LogP contribution in [-0.2, 0) is 20.1 Å². The summed E-state index contributed by atoms with van der Waals surface area (Å²) in [6, 6.07) is 7.34. The number of benzene rings is 1. The first-order valence-corrected chi connectivity index (χ1v) is 11.7. The van der Waals surface area contributed by atoms with Gasteiger partial charge in [-0.3, -0.25) is 0 Å². The van der Waals surface area contributed by atoms with Crippen molar-refractivity contribution < 1.29 is 18.3 Å². The molecule has 2 heterocycles. The molecule has 1 aliphatic heterocycles. The minimum atomic E-state index is -3.29. The average Bonchev–Trinajstić information content (AvgIpc) is 3.31. The second-order valence-corrected chi connectivity index (χ2v) is 11.1. The maximum absolute atomic E-state index is 12.3. The monoisotopic (exact) mass is 419 g/mol. The van der Waals surface area contributed by atoms with E-state index in [4.69, 9.17) is 9.84 Å². The van der Waals surface area contributed by atoms with E-state index in [0.717, 1.165) is 36.5 Å².